The monoisotopic (exact) mass is 289 g/mol. The smallest absolute Gasteiger partial charge is 0.258 e. The Kier molecular flexibility index (Phi) is 4.83. The first-order valence-corrected chi connectivity index (χ1v) is 6.31. The van der Waals surface area contributed by atoms with Gasteiger partial charge >= 0.3 is 0 Å². The van der Waals surface area contributed by atoms with Crippen molar-refractivity contribution < 1.29 is 14.3 Å². The molecular weight excluding hydrogens is 278 g/mol. The van der Waals surface area contributed by atoms with Crippen molar-refractivity contribution in [2.24, 2.45) is 0 Å². The number of anilines is 1. The zero-order chi connectivity index (χ0) is 14.4. The van der Waals surface area contributed by atoms with Crippen molar-refractivity contribution in [3.8, 4) is 11.8 Å². The normalized spacial score (nSPS) is 9.70. The van der Waals surface area contributed by atoms with Crippen molar-refractivity contribution in [3.63, 3.8) is 0 Å². The zero-order valence-corrected chi connectivity index (χ0v) is 11.3. The highest BCUT2D eigenvalue weighted by Gasteiger charge is 2.09. The molecule has 2 N–H and O–H groups in total. The number of carbonyl (C=O) groups is 1. The fourth-order valence-corrected chi connectivity index (χ4v) is 1.70. The molecule has 20 heavy (non-hydrogen) atoms. The molecule has 0 aliphatic rings. The molecule has 0 unspecified atom stereocenters. The van der Waals surface area contributed by atoms with E-state index in [9.17, 15) is 4.79 Å². The van der Waals surface area contributed by atoms with Gasteiger partial charge in [0.05, 0.1) is 24.1 Å². The van der Waals surface area contributed by atoms with E-state index in [-0.39, 0.29) is 12.5 Å². The molecular formula is C15H12ClNO3. The van der Waals surface area contributed by atoms with Crippen molar-refractivity contribution in [2.45, 2.75) is 6.42 Å². The molecule has 1 amide bonds. The molecule has 2 aromatic rings. The van der Waals surface area contributed by atoms with Gasteiger partial charge in [0, 0.05) is 17.0 Å². The first-order valence-electron chi connectivity index (χ1n) is 5.93. The van der Waals surface area contributed by atoms with E-state index < -0.39 is 0 Å². The van der Waals surface area contributed by atoms with Crippen LogP contribution in [0.3, 0.4) is 0 Å². The predicted octanol–water partition coefficient (Wildman–Crippen LogP) is 2.92. The molecule has 1 heterocycles. The van der Waals surface area contributed by atoms with Crippen LogP contribution in [0.5, 0.6) is 0 Å². The Morgan fingerprint density at radius 3 is 2.95 bits per heavy atom. The number of furan rings is 1. The Labute approximate surface area is 121 Å². The summed E-state index contributed by atoms with van der Waals surface area (Å²) in [6.07, 6.45) is 3.16. The average Bonchev–Trinajstić information content (AvgIpc) is 2.96. The van der Waals surface area contributed by atoms with Crippen LogP contribution in [0.1, 0.15) is 22.3 Å². The molecule has 2 rings (SSSR count). The lowest BCUT2D eigenvalue weighted by molar-refractivity contribution is 0.102. The molecule has 4 nitrogen and oxygen atoms in total. The summed E-state index contributed by atoms with van der Waals surface area (Å²) in [5, 5.41) is 12.0. The first-order chi connectivity index (χ1) is 9.70. The molecule has 0 saturated carbocycles. The average molecular weight is 290 g/mol. The Hall–Kier alpha value is -2.22. The second-order valence-corrected chi connectivity index (χ2v) is 4.37. The van der Waals surface area contributed by atoms with E-state index in [0.717, 1.165) is 0 Å². The number of nitrogens with one attached hydrogen (secondary N) is 1. The van der Waals surface area contributed by atoms with Crippen LogP contribution in [0.2, 0.25) is 5.02 Å². The van der Waals surface area contributed by atoms with Crippen LogP contribution in [0.15, 0.2) is 41.2 Å². The third kappa shape index (κ3) is 3.64. The minimum atomic E-state index is -0.286. The number of hydrogen-bond donors (Lipinski definition) is 2. The number of carbonyl (C=O) groups excluding carboxylic acids is 1. The van der Waals surface area contributed by atoms with Crippen LogP contribution in [0.4, 0.5) is 5.69 Å². The number of amides is 1. The number of halogens is 1. The summed E-state index contributed by atoms with van der Waals surface area (Å²) in [5.41, 5.74) is 1.59. The fraction of sp³-hybridized carbons (Fsp3) is 0.133. The molecule has 0 aliphatic carbocycles. The Balaban J connectivity index is 2.23. The highest BCUT2D eigenvalue weighted by molar-refractivity contribution is 6.30. The second-order valence-electron chi connectivity index (χ2n) is 3.93. The largest absolute Gasteiger partial charge is 0.472 e. The van der Waals surface area contributed by atoms with Crippen LogP contribution in [0, 0.1) is 11.8 Å². The zero-order valence-electron chi connectivity index (χ0n) is 10.5. The van der Waals surface area contributed by atoms with E-state index >= 15 is 0 Å². The Bertz CT molecular complexity index is 653. The highest BCUT2D eigenvalue weighted by Crippen LogP contribution is 2.20. The molecule has 102 valence electrons. The minimum absolute atomic E-state index is 0.00965. The molecule has 5 heteroatoms. The summed E-state index contributed by atoms with van der Waals surface area (Å²) in [7, 11) is 0. The molecule has 0 fully saturated rings. The Morgan fingerprint density at radius 2 is 2.25 bits per heavy atom. The van der Waals surface area contributed by atoms with Crippen molar-refractivity contribution in [1.29, 1.82) is 0 Å². The van der Waals surface area contributed by atoms with E-state index in [2.05, 4.69) is 17.2 Å². The molecule has 1 aromatic heterocycles. The van der Waals surface area contributed by atoms with Gasteiger partial charge in [-0.1, -0.05) is 23.4 Å². The predicted molar refractivity (Wildman–Crippen MR) is 76.7 cm³/mol. The topological polar surface area (TPSA) is 62.5 Å². The van der Waals surface area contributed by atoms with Gasteiger partial charge in [0.1, 0.15) is 6.26 Å². The highest BCUT2D eigenvalue weighted by atomic mass is 35.5. The minimum Gasteiger partial charge on any atom is -0.472 e. The first kappa shape index (κ1) is 14.2. The number of aliphatic hydroxyl groups is 1. The molecule has 1 aromatic carbocycles. The van der Waals surface area contributed by atoms with Gasteiger partial charge in [-0.2, -0.15) is 0 Å². The summed E-state index contributed by atoms with van der Waals surface area (Å²) in [4.78, 5) is 12.0. The van der Waals surface area contributed by atoms with Crippen molar-refractivity contribution in [2.75, 3.05) is 11.9 Å². The van der Waals surface area contributed by atoms with E-state index in [1.165, 1.54) is 12.5 Å². The van der Waals surface area contributed by atoms with Crippen LogP contribution in [-0.4, -0.2) is 17.6 Å². The van der Waals surface area contributed by atoms with Gasteiger partial charge in [-0.15, -0.1) is 0 Å². The molecule has 0 saturated heterocycles. The lowest BCUT2D eigenvalue weighted by Gasteiger charge is -2.06. The molecule has 0 aliphatic heterocycles. The molecule has 0 atom stereocenters. The summed E-state index contributed by atoms with van der Waals surface area (Å²) in [6.45, 7) is -0.00965. The lowest BCUT2D eigenvalue weighted by Crippen LogP contribution is -2.11. The van der Waals surface area contributed by atoms with Gasteiger partial charge in [-0.3, -0.25) is 4.79 Å². The molecule has 0 radical (unpaired) electrons. The summed E-state index contributed by atoms with van der Waals surface area (Å²) < 4.78 is 4.86. The summed E-state index contributed by atoms with van der Waals surface area (Å²) in [5.74, 6) is 5.39. The van der Waals surface area contributed by atoms with E-state index in [1.54, 1.807) is 24.3 Å². The second kappa shape index (κ2) is 6.80. The van der Waals surface area contributed by atoms with Crippen molar-refractivity contribution in [3.05, 3.63) is 52.9 Å². The van der Waals surface area contributed by atoms with Crippen LogP contribution >= 0.6 is 11.6 Å². The third-order valence-corrected chi connectivity index (χ3v) is 2.71. The molecule has 0 spiro atoms. The van der Waals surface area contributed by atoms with Crippen LogP contribution < -0.4 is 5.32 Å². The number of hydrogen-bond acceptors (Lipinski definition) is 3. The van der Waals surface area contributed by atoms with E-state index in [1.807, 2.05) is 0 Å². The molecule has 0 bridgehead atoms. The van der Waals surface area contributed by atoms with Gasteiger partial charge in [0.2, 0.25) is 0 Å². The van der Waals surface area contributed by atoms with Gasteiger partial charge < -0.3 is 14.8 Å². The quantitative estimate of drug-likeness (QED) is 0.854. The third-order valence-electron chi connectivity index (χ3n) is 2.47. The van der Waals surface area contributed by atoms with Crippen molar-refractivity contribution in [1.82, 2.24) is 0 Å². The maximum atomic E-state index is 12.0. The SMILES string of the molecule is O=C(Nc1ccc(Cl)cc1C#CCCO)c1ccoc1. The number of aliphatic hydroxyl groups excluding tert-OH is 1. The van der Waals surface area contributed by atoms with Gasteiger partial charge in [-0.05, 0) is 24.3 Å². The van der Waals surface area contributed by atoms with E-state index in [0.29, 0.717) is 28.3 Å². The maximum absolute atomic E-state index is 12.0. The number of benzene rings is 1. The van der Waals surface area contributed by atoms with Gasteiger partial charge in [-0.25, -0.2) is 0 Å². The van der Waals surface area contributed by atoms with Crippen LogP contribution in [0.25, 0.3) is 0 Å². The number of rotatable bonds is 3. The summed E-state index contributed by atoms with van der Waals surface area (Å²) >= 11 is 5.92. The standard InChI is InChI=1S/C15H12ClNO3/c16-13-4-5-14(11(9-13)3-1-2-7-18)17-15(19)12-6-8-20-10-12/h4-6,8-10,18H,2,7H2,(H,17,19). The van der Waals surface area contributed by atoms with E-state index in [4.69, 9.17) is 21.1 Å². The maximum Gasteiger partial charge on any atom is 0.258 e. The van der Waals surface area contributed by atoms with Gasteiger partial charge in [0.25, 0.3) is 5.91 Å². The Morgan fingerprint density at radius 1 is 1.40 bits per heavy atom. The fourth-order valence-electron chi connectivity index (χ4n) is 1.53. The van der Waals surface area contributed by atoms with Crippen molar-refractivity contribution >= 4 is 23.2 Å². The summed E-state index contributed by atoms with van der Waals surface area (Å²) in [6, 6.07) is 6.59. The van der Waals surface area contributed by atoms with Gasteiger partial charge in [0.15, 0.2) is 0 Å². The lowest BCUT2D eigenvalue weighted by atomic mass is 10.1. The van der Waals surface area contributed by atoms with Crippen LogP contribution in [-0.2, 0) is 0 Å².